The van der Waals surface area contributed by atoms with Gasteiger partial charge in [0.1, 0.15) is 17.6 Å². The molecule has 0 aliphatic carbocycles. The number of methoxy groups -OCH3 is 1. The van der Waals surface area contributed by atoms with Gasteiger partial charge < -0.3 is 9.72 Å². The summed E-state index contributed by atoms with van der Waals surface area (Å²) in [5.74, 6) is 0.237. The van der Waals surface area contributed by atoms with Crippen LogP contribution >= 0.6 is 12.4 Å². The number of hydrogen-bond acceptors (Lipinski definition) is 7. The van der Waals surface area contributed by atoms with Gasteiger partial charge in [-0.25, -0.2) is 18.9 Å². The number of H-pyrrole nitrogens is 1. The van der Waals surface area contributed by atoms with Crippen molar-refractivity contribution in [3.05, 3.63) is 72.1 Å². The summed E-state index contributed by atoms with van der Waals surface area (Å²) < 4.78 is 33.2. The predicted molar refractivity (Wildman–Crippen MR) is 118 cm³/mol. The molecular weight excluding hydrogens is 458 g/mol. The van der Waals surface area contributed by atoms with Gasteiger partial charge in [0.15, 0.2) is 0 Å². The Balaban J connectivity index is 0.00000363. The Bertz CT molecular complexity index is 1120. The number of sulfonamides is 1. The van der Waals surface area contributed by atoms with Crippen LogP contribution < -0.4 is 10.2 Å². The zero-order valence-corrected chi connectivity index (χ0v) is 19.1. The Hall–Kier alpha value is -2.99. The maximum Gasteiger partial charge on any atom is 0.262 e. The van der Waals surface area contributed by atoms with Crippen LogP contribution in [-0.2, 0) is 27.8 Å². The average Bonchev–Trinajstić information content (AvgIpc) is 3.21. The fourth-order valence-corrected chi connectivity index (χ4v) is 4.64. The molecule has 2 heterocycles. The number of aromatic amines is 1. The predicted octanol–water partition coefficient (Wildman–Crippen LogP) is 1.85. The van der Waals surface area contributed by atoms with Gasteiger partial charge in [-0.05, 0) is 43.3 Å². The van der Waals surface area contributed by atoms with Crippen LogP contribution in [0.1, 0.15) is 17.2 Å². The van der Waals surface area contributed by atoms with Gasteiger partial charge in [-0.3, -0.25) is 15.0 Å². The monoisotopic (exact) mass is 481 g/mol. The van der Waals surface area contributed by atoms with Crippen LogP contribution in [-0.4, -0.2) is 51.9 Å². The Morgan fingerprint density at radius 1 is 1.22 bits per heavy atom. The molecule has 1 aromatic carbocycles. The maximum atomic E-state index is 13.6. The third-order valence-electron chi connectivity index (χ3n) is 4.64. The van der Waals surface area contributed by atoms with Gasteiger partial charge >= 0.3 is 0 Å². The first-order chi connectivity index (χ1) is 14.8. The molecule has 0 spiro atoms. The highest BCUT2D eigenvalue weighted by Crippen LogP contribution is 2.24. The fraction of sp³-hybridized carbons (Fsp3) is 0.250. The van der Waals surface area contributed by atoms with E-state index in [0.29, 0.717) is 23.0 Å². The Morgan fingerprint density at radius 3 is 2.47 bits per heavy atom. The molecule has 0 aliphatic rings. The molecule has 32 heavy (non-hydrogen) atoms. The Morgan fingerprint density at radius 2 is 1.94 bits per heavy atom. The second-order valence-electron chi connectivity index (χ2n) is 6.74. The zero-order chi connectivity index (χ0) is 22.4. The summed E-state index contributed by atoms with van der Waals surface area (Å²) in [6.07, 6.45) is 3.02. The third-order valence-corrected chi connectivity index (χ3v) is 6.51. The molecule has 3 aromatic rings. The molecule has 0 saturated heterocycles. The van der Waals surface area contributed by atoms with Crippen molar-refractivity contribution in [3.63, 3.8) is 0 Å². The van der Waals surface area contributed by atoms with E-state index in [4.69, 9.17) is 4.74 Å². The number of carbonyl (C=O) groups is 1. The van der Waals surface area contributed by atoms with Crippen molar-refractivity contribution in [2.45, 2.75) is 30.8 Å². The number of pyridine rings is 1. The second-order valence-corrected chi connectivity index (χ2v) is 8.63. The molecule has 10 nitrogen and oxygen atoms in total. The van der Waals surface area contributed by atoms with Crippen LogP contribution in [0.5, 0.6) is 5.75 Å². The highest BCUT2D eigenvalue weighted by molar-refractivity contribution is 7.89. The summed E-state index contributed by atoms with van der Waals surface area (Å²) in [6.45, 7) is 1.56. The summed E-state index contributed by atoms with van der Waals surface area (Å²) in [7, 11) is -2.68. The number of imidazole rings is 1. The standard InChI is InChI=1S/C20H23N5O5S.ClH/c1-14-22-12-16(23-14)11-19(20(26)24-27)25(13-15-5-3-4-10-21-15)31(28,29)18-8-6-17(30-2)7-9-18;/h3-10,12,19,27H,11,13H2,1-2H3,(H,22,23)(H,24,26);1H. The minimum atomic E-state index is -4.16. The van der Waals surface area contributed by atoms with Crippen LogP contribution in [0.25, 0.3) is 0 Å². The van der Waals surface area contributed by atoms with Crippen LogP contribution in [0, 0.1) is 6.92 Å². The van der Waals surface area contributed by atoms with Gasteiger partial charge in [-0.15, -0.1) is 12.4 Å². The fourth-order valence-electron chi connectivity index (χ4n) is 3.08. The van der Waals surface area contributed by atoms with Crippen LogP contribution in [0.15, 0.2) is 59.8 Å². The number of hydroxylamine groups is 1. The zero-order valence-electron chi connectivity index (χ0n) is 17.4. The molecule has 172 valence electrons. The second kappa shape index (κ2) is 11.0. The number of aromatic nitrogens is 3. The SMILES string of the molecule is COc1ccc(S(=O)(=O)N(Cc2ccccn2)C(Cc2cnc(C)[nH]2)C(=O)NO)cc1.Cl. The first-order valence-corrected chi connectivity index (χ1v) is 10.8. The van der Waals surface area contributed by atoms with Crippen molar-refractivity contribution < 1.29 is 23.2 Å². The minimum absolute atomic E-state index is 0. The van der Waals surface area contributed by atoms with E-state index in [2.05, 4.69) is 15.0 Å². The lowest BCUT2D eigenvalue weighted by molar-refractivity contribution is -0.133. The van der Waals surface area contributed by atoms with Gasteiger partial charge in [0.2, 0.25) is 10.0 Å². The van der Waals surface area contributed by atoms with Crippen molar-refractivity contribution in [2.75, 3.05) is 7.11 Å². The molecule has 1 atom stereocenters. The summed E-state index contributed by atoms with van der Waals surface area (Å²) in [6, 6.07) is 9.65. The number of halogens is 1. The highest BCUT2D eigenvalue weighted by Gasteiger charge is 2.37. The normalized spacial score (nSPS) is 12.1. The number of aryl methyl sites for hydroxylation is 1. The molecule has 0 fully saturated rings. The third kappa shape index (κ3) is 5.82. The van der Waals surface area contributed by atoms with Crippen molar-refractivity contribution >= 4 is 28.3 Å². The smallest absolute Gasteiger partial charge is 0.262 e. The number of rotatable bonds is 9. The first-order valence-electron chi connectivity index (χ1n) is 9.35. The quantitative estimate of drug-likeness (QED) is 0.313. The largest absolute Gasteiger partial charge is 0.497 e. The van der Waals surface area contributed by atoms with Crippen molar-refractivity contribution in [3.8, 4) is 5.75 Å². The minimum Gasteiger partial charge on any atom is -0.497 e. The first kappa shape index (κ1) is 25.3. The molecule has 3 rings (SSSR count). The van der Waals surface area contributed by atoms with E-state index in [-0.39, 0.29) is 30.3 Å². The molecule has 2 aromatic heterocycles. The van der Waals surface area contributed by atoms with E-state index in [1.807, 2.05) is 0 Å². The maximum absolute atomic E-state index is 13.6. The molecular formula is C20H24ClN5O5S. The average molecular weight is 482 g/mol. The molecule has 0 bridgehead atoms. The highest BCUT2D eigenvalue weighted by atomic mass is 35.5. The van der Waals surface area contributed by atoms with Crippen molar-refractivity contribution in [2.24, 2.45) is 0 Å². The van der Waals surface area contributed by atoms with Gasteiger partial charge in [-0.2, -0.15) is 4.31 Å². The number of benzene rings is 1. The molecule has 1 unspecified atom stereocenters. The Kier molecular flexibility index (Phi) is 8.72. The van der Waals surface area contributed by atoms with E-state index in [1.165, 1.54) is 43.8 Å². The molecule has 0 saturated carbocycles. The van der Waals surface area contributed by atoms with E-state index in [0.717, 1.165) is 4.31 Å². The molecule has 12 heteroatoms. The number of ether oxygens (including phenoxy) is 1. The number of nitrogens with zero attached hydrogens (tertiary/aromatic N) is 3. The van der Waals surface area contributed by atoms with E-state index in [9.17, 15) is 18.4 Å². The number of nitrogens with one attached hydrogen (secondary N) is 2. The molecule has 3 N–H and O–H groups in total. The number of hydrogen-bond donors (Lipinski definition) is 3. The topological polar surface area (TPSA) is 138 Å². The summed E-state index contributed by atoms with van der Waals surface area (Å²) in [5, 5.41) is 9.33. The van der Waals surface area contributed by atoms with Crippen molar-refractivity contribution in [1.82, 2.24) is 24.7 Å². The van der Waals surface area contributed by atoms with E-state index < -0.39 is 22.0 Å². The number of carbonyl (C=O) groups excluding carboxylic acids is 1. The van der Waals surface area contributed by atoms with Gasteiger partial charge in [0.25, 0.3) is 5.91 Å². The summed E-state index contributed by atoms with van der Waals surface area (Å²) in [5.41, 5.74) is 2.56. The molecule has 0 radical (unpaired) electrons. The van der Waals surface area contributed by atoms with Crippen LogP contribution in [0.2, 0.25) is 0 Å². The molecule has 0 aliphatic heterocycles. The lowest BCUT2D eigenvalue weighted by Gasteiger charge is -2.29. The van der Waals surface area contributed by atoms with Gasteiger partial charge in [0, 0.05) is 24.5 Å². The van der Waals surface area contributed by atoms with Crippen LogP contribution in [0.3, 0.4) is 0 Å². The van der Waals surface area contributed by atoms with E-state index in [1.54, 1.807) is 30.6 Å². The summed E-state index contributed by atoms with van der Waals surface area (Å²) in [4.78, 5) is 23.8. The van der Waals surface area contributed by atoms with Crippen molar-refractivity contribution in [1.29, 1.82) is 0 Å². The van der Waals surface area contributed by atoms with Gasteiger partial charge in [0.05, 0.1) is 24.2 Å². The number of amides is 1. The van der Waals surface area contributed by atoms with E-state index >= 15 is 0 Å². The lowest BCUT2D eigenvalue weighted by Crippen LogP contribution is -2.49. The summed E-state index contributed by atoms with van der Waals surface area (Å²) >= 11 is 0. The van der Waals surface area contributed by atoms with Crippen LogP contribution in [0.4, 0.5) is 0 Å². The Labute approximate surface area is 192 Å². The lowest BCUT2D eigenvalue weighted by atomic mass is 10.1. The van der Waals surface area contributed by atoms with Gasteiger partial charge in [-0.1, -0.05) is 6.07 Å². The molecule has 1 amide bonds.